The lowest BCUT2D eigenvalue weighted by Crippen LogP contribution is -2.34. The number of carbonyl (C=O) groups excluding carboxylic acids is 2. The Balaban J connectivity index is 1.78. The van der Waals surface area contributed by atoms with Gasteiger partial charge in [0.15, 0.2) is 0 Å². The van der Waals surface area contributed by atoms with Crippen molar-refractivity contribution in [2.24, 2.45) is 0 Å². The van der Waals surface area contributed by atoms with E-state index in [4.69, 9.17) is 4.42 Å². The maximum Gasteiger partial charge on any atom is 0.268 e. The van der Waals surface area contributed by atoms with Crippen molar-refractivity contribution in [2.75, 3.05) is 0 Å². The molecule has 0 radical (unpaired) electrons. The minimum Gasteiger partial charge on any atom is -0.467 e. The van der Waals surface area contributed by atoms with Crippen LogP contribution in [0, 0.1) is 6.92 Å². The van der Waals surface area contributed by atoms with Crippen LogP contribution in [-0.4, -0.2) is 16.8 Å². The summed E-state index contributed by atoms with van der Waals surface area (Å²) >= 11 is 0. The minimum absolute atomic E-state index is 0.125. The Labute approximate surface area is 156 Å². The van der Waals surface area contributed by atoms with Crippen molar-refractivity contribution >= 4 is 17.9 Å². The van der Waals surface area contributed by atoms with Crippen molar-refractivity contribution in [2.45, 2.75) is 13.5 Å². The summed E-state index contributed by atoms with van der Waals surface area (Å²) in [6, 6.07) is 14.2. The van der Waals surface area contributed by atoms with Gasteiger partial charge in [-0.1, -0.05) is 23.8 Å². The number of nitrogens with zero attached hydrogens (tertiary/aromatic N) is 1. The number of hydrogen-bond donors (Lipinski definition) is 2. The lowest BCUT2D eigenvalue weighted by Gasteiger charge is -2.11. The van der Waals surface area contributed by atoms with Gasteiger partial charge in [-0.05, 0) is 48.9 Å². The summed E-state index contributed by atoms with van der Waals surface area (Å²) in [5.74, 6) is -0.164. The van der Waals surface area contributed by atoms with E-state index in [1.165, 1.54) is 6.26 Å². The van der Waals surface area contributed by atoms with Crippen LogP contribution in [0.25, 0.3) is 6.08 Å². The van der Waals surface area contributed by atoms with E-state index in [0.29, 0.717) is 16.9 Å². The van der Waals surface area contributed by atoms with Gasteiger partial charge in [-0.3, -0.25) is 14.6 Å². The first-order chi connectivity index (χ1) is 13.1. The Morgan fingerprint density at radius 3 is 2.59 bits per heavy atom. The van der Waals surface area contributed by atoms with E-state index in [-0.39, 0.29) is 18.1 Å². The van der Waals surface area contributed by atoms with Gasteiger partial charge in [0.05, 0.1) is 12.8 Å². The Morgan fingerprint density at radius 2 is 1.93 bits per heavy atom. The van der Waals surface area contributed by atoms with E-state index >= 15 is 0 Å². The first kappa shape index (κ1) is 18.1. The van der Waals surface area contributed by atoms with Crippen LogP contribution < -0.4 is 10.6 Å². The number of amides is 2. The fourth-order valence-corrected chi connectivity index (χ4v) is 2.36. The summed E-state index contributed by atoms with van der Waals surface area (Å²) in [6.07, 6.45) is 6.36. The topological polar surface area (TPSA) is 84.2 Å². The maximum atomic E-state index is 12.6. The molecular formula is C21H19N3O3. The van der Waals surface area contributed by atoms with Crippen LogP contribution in [0.2, 0.25) is 0 Å². The summed E-state index contributed by atoms with van der Waals surface area (Å²) in [4.78, 5) is 29.2. The zero-order chi connectivity index (χ0) is 19.1. The molecule has 6 heteroatoms. The van der Waals surface area contributed by atoms with E-state index in [9.17, 15) is 9.59 Å². The molecule has 0 aliphatic carbocycles. The SMILES string of the molecule is Cc1ccc(C(=O)N/C(=C\c2cccnc2)C(=O)NCc2ccco2)cc1. The highest BCUT2D eigenvalue weighted by Crippen LogP contribution is 2.08. The van der Waals surface area contributed by atoms with Crippen LogP contribution in [-0.2, 0) is 11.3 Å². The Kier molecular flexibility index (Phi) is 5.79. The standard InChI is InChI=1S/C21H19N3O3/c1-15-6-8-17(9-7-15)20(25)24-19(12-16-4-2-10-22-13-16)21(26)23-14-18-5-3-11-27-18/h2-13H,14H2,1H3,(H,23,26)(H,24,25)/b19-12-. The van der Waals surface area contributed by atoms with E-state index in [0.717, 1.165) is 5.56 Å². The lowest BCUT2D eigenvalue weighted by atomic mass is 10.1. The summed E-state index contributed by atoms with van der Waals surface area (Å²) in [5.41, 5.74) is 2.34. The van der Waals surface area contributed by atoms with Crippen molar-refractivity contribution in [1.29, 1.82) is 0 Å². The third-order valence-corrected chi connectivity index (χ3v) is 3.81. The number of carbonyl (C=O) groups is 2. The monoisotopic (exact) mass is 361 g/mol. The van der Waals surface area contributed by atoms with Crippen molar-refractivity contribution < 1.29 is 14.0 Å². The average molecular weight is 361 g/mol. The first-order valence-electron chi connectivity index (χ1n) is 8.42. The molecule has 0 fully saturated rings. The molecule has 0 spiro atoms. The second-order valence-electron chi connectivity index (χ2n) is 5.93. The molecule has 2 N–H and O–H groups in total. The smallest absolute Gasteiger partial charge is 0.268 e. The van der Waals surface area contributed by atoms with E-state index in [2.05, 4.69) is 15.6 Å². The molecule has 0 saturated heterocycles. The largest absolute Gasteiger partial charge is 0.467 e. The molecule has 1 aromatic carbocycles. The van der Waals surface area contributed by atoms with Gasteiger partial charge in [0.25, 0.3) is 11.8 Å². The van der Waals surface area contributed by atoms with Gasteiger partial charge in [0.2, 0.25) is 0 Å². The van der Waals surface area contributed by atoms with Crippen LogP contribution in [0.4, 0.5) is 0 Å². The lowest BCUT2D eigenvalue weighted by molar-refractivity contribution is -0.118. The first-order valence-corrected chi connectivity index (χ1v) is 8.42. The predicted molar refractivity (Wildman–Crippen MR) is 101 cm³/mol. The summed E-state index contributed by atoms with van der Waals surface area (Å²) in [6.45, 7) is 2.16. The maximum absolute atomic E-state index is 12.6. The molecule has 3 rings (SSSR count). The summed E-state index contributed by atoms with van der Waals surface area (Å²) < 4.78 is 5.21. The average Bonchev–Trinajstić information content (AvgIpc) is 3.20. The number of hydrogen-bond acceptors (Lipinski definition) is 4. The molecule has 0 unspecified atom stereocenters. The van der Waals surface area contributed by atoms with Crippen LogP contribution in [0.5, 0.6) is 0 Å². The molecule has 0 aliphatic heterocycles. The molecule has 3 aromatic rings. The number of benzene rings is 1. The van der Waals surface area contributed by atoms with Crippen molar-refractivity contribution in [3.63, 3.8) is 0 Å². The van der Waals surface area contributed by atoms with Gasteiger partial charge in [-0.2, -0.15) is 0 Å². The van der Waals surface area contributed by atoms with E-state index < -0.39 is 5.91 Å². The molecule has 0 bridgehead atoms. The second kappa shape index (κ2) is 8.62. The summed E-state index contributed by atoms with van der Waals surface area (Å²) in [7, 11) is 0. The number of aryl methyl sites for hydroxylation is 1. The number of nitrogens with one attached hydrogen (secondary N) is 2. The third kappa shape index (κ3) is 5.15. The van der Waals surface area contributed by atoms with Gasteiger partial charge in [0, 0.05) is 18.0 Å². The van der Waals surface area contributed by atoms with Crippen LogP contribution >= 0.6 is 0 Å². The molecule has 136 valence electrons. The van der Waals surface area contributed by atoms with Crippen LogP contribution in [0.1, 0.15) is 27.2 Å². The molecular weight excluding hydrogens is 342 g/mol. The normalized spacial score (nSPS) is 11.1. The van der Waals surface area contributed by atoms with Crippen molar-refractivity contribution in [1.82, 2.24) is 15.6 Å². The molecule has 0 saturated carbocycles. The Morgan fingerprint density at radius 1 is 1.11 bits per heavy atom. The van der Waals surface area contributed by atoms with Gasteiger partial charge in [-0.15, -0.1) is 0 Å². The fraction of sp³-hybridized carbons (Fsp3) is 0.0952. The number of rotatable bonds is 6. The van der Waals surface area contributed by atoms with Crippen LogP contribution in [0.15, 0.2) is 77.3 Å². The van der Waals surface area contributed by atoms with Gasteiger partial charge >= 0.3 is 0 Å². The molecule has 2 aromatic heterocycles. The molecule has 2 amide bonds. The highest BCUT2D eigenvalue weighted by molar-refractivity contribution is 6.05. The van der Waals surface area contributed by atoms with Gasteiger partial charge in [-0.25, -0.2) is 0 Å². The predicted octanol–water partition coefficient (Wildman–Crippen LogP) is 3.07. The molecule has 2 heterocycles. The van der Waals surface area contributed by atoms with Gasteiger partial charge in [0.1, 0.15) is 11.5 Å². The number of aromatic nitrogens is 1. The fourth-order valence-electron chi connectivity index (χ4n) is 2.36. The third-order valence-electron chi connectivity index (χ3n) is 3.81. The Hall–Kier alpha value is -3.67. The van der Waals surface area contributed by atoms with Crippen LogP contribution in [0.3, 0.4) is 0 Å². The van der Waals surface area contributed by atoms with Crippen molar-refractivity contribution in [3.8, 4) is 0 Å². The Bertz CT molecular complexity index is 931. The molecule has 6 nitrogen and oxygen atoms in total. The molecule has 27 heavy (non-hydrogen) atoms. The molecule has 0 atom stereocenters. The highest BCUT2D eigenvalue weighted by atomic mass is 16.3. The quantitative estimate of drug-likeness (QED) is 0.661. The summed E-state index contributed by atoms with van der Waals surface area (Å²) in [5, 5.41) is 5.42. The zero-order valence-corrected chi connectivity index (χ0v) is 14.8. The van der Waals surface area contributed by atoms with Gasteiger partial charge < -0.3 is 15.1 Å². The second-order valence-corrected chi connectivity index (χ2v) is 5.93. The van der Waals surface area contributed by atoms with E-state index in [1.807, 2.05) is 19.1 Å². The van der Waals surface area contributed by atoms with Crippen molar-refractivity contribution in [3.05, 3.63) is 95.3 Å². The zero-order valence-electron chi connectivity index (χ0n) is 14.8. The minimum atomic E-state index is -0.421. The molecule has 0 aliphatic rings. The highest BCUT2D eigenvalue weighted by Gasteiger charge is 2.15. The number of pyridine rings is 1. The number of furan rings is 1. The van der Waals surface area contributed by atoms with E-state index in [1.54, 1.807) is 54.9 Å².